The number of aliphatic hydroxyl groups is 2. The van der Waals surface area contributed by atoms with Crippen LogP contribution < -0.4 is 15.4 Å². The van der Waals surface area contributed by atoms with Crippen LogP contribution in [-0.4, -0.2) is 97.3 Å². The van der Waals surface area contributed by atoms with Crippen molar-refractivity contribution in [2.75, 3.05) is 32.6 Å². The average Bonchev–Trinajstić information content (AvgIpc) is 3.57. The summed E-state index contributed by atoms with van der Waals surface area (Å²) in [6.45, 7) is 9.41. The molecule has 0 amide bonds. The summed E-state index contributed by atoms with van der Waals surface area (Å²) in [7, 11) is -0.849. The highest BCUT2D eigenvalue weighted by Gasteiger charge is 2.54. The highest BCUT2D eigenvalue weighted by molar-refractivity contribution is 7.36. The molecule has 0 aliphatic carbocycles. The van der Waals surface area contributed by atoms with Gasteiger partial charge >= 0.3 is 5.97 Å². The third-order valence-electron chi connectivity index (χ3n) is 6.71. The molecule has 0 aromatic carbocycles. The monoisotopic (exact) mass is 583 g/mol. The summed E-state index contributed by atoms with van der Waals surface area (Å²) in [5.41, 5.74) is 4.45. The number of rotatable bonds is 9. The minimum atomic E-state index is -2.27. The molecule has 222 valence electrons. The molecule has 2 aliphatic heterocycles. The minimum absolute atomic E-state index is 0.0539. The van der Waals surface area contributed by atoms with Crippen LogP contribution in [0.2, 0.25) is 0 Å². The molecule has 2 fully saturated rings. The molecule has 0 spiro atoms. The Bertz CT molecular complexity index is 1250. The van der Waals surface area contributed by atoms with Gasteiger partial charge in [-0.3, -0.25) is 4.57 Å². The van der Waals surface area contributed by atoms with E-state index in [1.54, 1.807) is 11.6 Å². The summed E-state index contributed by atoms with van der Waals surface area (Å²) in [4.78, 5) is 37.8. The lowest BCUT2D eigenvalue weighted by molar-refractivity contribution is -0.175. The van der Waals surface area contributed by atoms with Crippen LogP contribution in [0.25, 0.3) is 11.2 Å². The number of carbonyl (C=O) groups is 1. The first-order valence-corrected chi connectivity index (χ1v) is 14.2. The Kier molecular flexibility index (Phi) is 8.95. The maximum Gasteiger partial charge on any atom is 0.334 e. The topological polar surface area (TPSA) is 203 Å². The molecule has 2 aliphatic rings. The maximum absolute atomic E-state index is 13.0. The predicted octanol–water partition coefficient (Wildman–Crippen LogP) is 0.699. The highest BCUT2D eigenvalue weighted by atomic mass is 31.1. The lowest BCUT2D eigenvalue weighted by Gasteiger charge is -2.27. The van der Waals surface area contributed by atoms with Crippen molar-refractivity contribution in [3.8, 4) is 5.88 Å². The van der Waals surface area contributed by atoms with Crippen molar-refractivity contribution >= 4 is 31.2 Å². The number of fused-ring (bicyclic) bond motifs is 1. The molecule has 15 nitrogen and oxygen atoms in total. The number of hydrogen-bond acceptors (Lipinski definition) is 13. The molecule has 2 unspecified atom stereocenters. The number of anilines is 1. The first-order valence-electron chi connectivity index (χ1n) is 13.1. The second kappa shape index (κ2) is 11.8. The molecule has 2 aromatic rings. The van der Waals surface area contributed by atoms with Crippen LogP contribution in [0.3, 0.4) is 0 Å². The Hall–Kier alpha value is -2.52. The van der Waals surface area contributed by atoms with Crippen LogP contribution in [0.1, 0.15) is 53.7 Å². The number of nitrogens with two attached hydrogens (primary N) is 1. The number of esters is 1. The Balaban J connectivity index is 1.42. The molecule has 7 atom stereocenters. The second-order valence-electron chi connectivity index (χ2n) is 11.4. The van der Waals surface area contributed by atoms with Crippen LogP contribution in [0.15, 0.2) is 11.1 Å². The van der Waals surface area contributed by atoms with Gasteiger partial charge in [0.05, 0.1) is 26.7 Å². The molecule has 2 saturated heterocycles. The molecule has 4 N–H and O–H groups in total. The summed E-state index contributed by atoms with van der Waals surface area (Å²) in [5, 5.41) is 22.1. The average molecular weight is 584 g/mol. The number of methoxy groups -OCH3 is 1. The number of aromatic nitrogens is 4. The zero-order valence-electron chi connectivity index (χ0n) is 23.6. The number of hydrogen-bond donors (Lipinski definition) is 3. The summed E-state index contributed by atoms with van der Waals surface area (Å²) in [6.07, 6.45) is -1.23. The second-order valence-corrected chi connectivity index (χ2v) is 12.7. The maximum atomic E-state index is 13.0. The van der Waals surface area contributed by atoms with Crippen molar-refractivity contribution in [3.05, 3.63) is 6.33 Å². The molecular formula is C24H38N7O8P. The zero-order chi connectivity index (χ0) is 29.4. The minimum Gasteiger partial charge on any atom is -0.595 e. The Morgan fingerprint density at radius 1 is 1.43 bits per heavy atom. The standard InChI is InChI=1S/C24H38N7O8P/c1-13(20(33)38-11-23(2,3)4)29-40(35)31-9-7-8-15(31)37-10-14-17(32)24(5,34)21(39-14)30-12-26-16-18(30)27-22(25)28-19(16)36-6/h12-15,17,21,32,34H,7-11H2,1-6H3,(H2,25,27,28)/t13-,14+,15?,17+,21+,24+/m0/s1. The number of ether oxygens (including phenoxy) is 4. The van der Waals surface area contributed by atoms with E-state index in [1.807, 2.05) is 20.8 Å². The Morgan fingerprint density at radius 2 is 2.15 bits per heavy atom. The molecule has 0 bridgehead atoms. The highest BCUT2D eigenvalue weighted by Crippen LogP contribution is 2.41. The lowest BCUT2D eigenvalue weighted by Crippen LogP contribution is -2.45. The van der Waals surface area contributed by atoms with Crippen molar-refractivity contribution in [1.29, 1.82) is 0 Å². The molecular weight excluding hydrogens is 545 g/mol. The largest absolute Gasteiger partial charge is 0.595 e. The van der Waals surface area contributed by atoms with E-state index >= 15 is 0 Å². The third-order valence-corrected chi connectivity index (χ3v) is 8.15. The Morgan fingerprint density at radius 3 is 2.83 bits per heavy atom. The fourth-order valence-corrected chi connectivity index (χ4v) is 5.80. The van der Waals surface area contributed by atoms with E-state index in [4.69, 9.17) is 24.7 Å². The summed E-state index contributed by atoms with van der Waals surface area (Å²) in [5.74, 6) is -0.430. The number of aliphatic hydroxyl groups excluding tert-OH is 1. The van der Waals surface area contributed by atoms with Gasteiger partial charge in [-0.05, 0) is 32.1 Å². The van der Waals surface area contributed by atoms with Crippen molar-refractivity contribution in [2.45, 2.75) is 83.8 Å². The van der Waals surface area contributed by atoms with E-state index in [-0.39, 0.29) is 36.1 Å². The third kappa shape index (κ3) is 6.35. The van der Waals surface area contributed by atoms with E-state index in [2.05, 4.69) is 19.7 Å². The smallest absolute Gasteiger partial charge is 0.334 e. The molecule has 40 heavy (non-hydrogen) atoms. The predicted molar refractivity (Wildman–Crippen MR) is 142 cm³/mol. The molecule has 4 rings (SSSR count). The van der Waals surface area contributed by atoms with Crippen LogP contribution in [0.5, 0.6) is 5.88 Å². The van der Waals surface area contributed by atoms with Crippen molar-refractivity contribution < 1.29 is 38.8 Å². The normalized spacial score (nSPS) is 28.8. The van der Waals surface area contributed by atoms with Crippen LogP contribution in [0.4, 0.5) is 5.95 Å². The van der Waals surface area contributed by atoms with Gasteiger partial charge in [-0.1, -0.05) is 30.2 Å². The first kappa shape index (κ1) is 30.4. The van der Waals surface area contributed by atoms with Gasteiger partial charge in [-0.15, -0.1) is 0 Å². The van der Waals surface area contributed by atoms with Crippen LogP contribution in [0, 0.1) is 5.41 Å². The van der Waals surface area contributed by atoms with Gasteiger partial charge in [0.25, 0.3) is 8.09 Å². The lowest BCUT2D eigenvalue weighted by atomic mass is 9.96. The quantitative estimate of drug-likeness (QED) is 0.275. The Labute approximate surface area is 233 Å². The van der Waals surface area contributed by atoms with E-state index < -0.39 is 50.4 Å². The van der Waals surface area contributed by atoms with Gasteiger partial charge in [0, 0.05) is 6.54 Å². The van der Waals surface area contributed by atoms with Crippen LogP contribution in [-0.2, 0) is 19.0 Å². The number of nitrogens with zero attached hydrogens (tertiary/aromatic N) is 6. The van der Waals surface area contributed by atoms with Gasteiger partial charge in [-0.25, -0.2) is 9.78 Å². The summed E-state index contributed by atoms with van der Waals surface area (Å²) in [6, 6.07) is -0.899. The number of imidazole rings is 1. The van der Waals surface area contributed by atoms with Crippen molar-refractivity contribution in [1.82, 2.24) is 24.2 Å². The zero-order valence-corrected chi connectivity index (χ0v) is 24.4. The van der Waals surface area contributed by atoms with Crippen molar-refractivity contribution in [2.24, 2.45) is 10.2 Å². The van der Waals surface area contributed by atoms with E-state index in [9.17, 15) is 19.9 Å². The molecule has 4 heterocycles. The van der Waals surface area contributed by atoms with Gasteiger partial charge in [0.1, 0.15) is 17.8 Å². The van der Waals surface area contributed by atoms with Gasteiger partial charge in [0.2, 0.25) is 11.8 Å². The number of carbonyl (C=O) groups excluding carboxylic acids is 1. The summed E-state index contributed by atoms with van der Waals surface area (Å²) < 4.78 is 29.7. The summed E-state index contributed by atoms with van der Waals surface area (Å²) >= 11 is 0. The SMILES string of the molecule is COc1nc(N)nc2c1ncn2[C@@H]1O[C@H](COC2CCCN2[P+]([O-])=N[C@@H](C)C(=O)OCC(C)(C)C)[C@@H](O)[C@@]1(C)O. The number of nitrogen functional groups attached to an aromatic ring is 1. The molecule has 16 heteroatoms. The van der Waals surface area contributed by atoms with Gasteiger partial charge in [-0.2, -0.15) is 9.97 Å². The van der Waals surface area contributed by atoms with E-state index in [0.717, 1.165) is 0 Å². The molecule has 2 aromatic heterocycles. The van der Waals surface area contributed by atoms with Gasteiger partial charge < -0.3 is 39.8 Å². The van der Waals surface area contributed by atoms with Gasteiger partial charge in [0.15, 0.2) is 29.7 Å². The van der Waals surface area contributed by atoms with E-state index in [1.165, 1.54) is 24.9 Å². The first-order chi connectivity index (χ1) is 18.7. The fourth-order valence-electron chi connectivity index (χ4n) is 4.56. The van der Waals surface area contributed by atoms with Crippen molar-refractivity contribution in [3.63, 3.8) is 0 Å². The van der Waals surface area contributed by atoms with E-state index in [0.29, 0.717) is 24.9 Å². The fraction of sp³-hybridized carbons (Fsp3) is 0.750. The van der Waals surface area contributed by atoms with Crippen LogP contribution >= 0.6 is 8.09 Å². The molecule has 0 radical (unpaired) electrons. The molecule has 0 saturated carbocycles.